The van der Waals surface area contributed by atoms with Crippen molar-refractivity contribution in [2.24, 2.45) is 10.7 Å². The molecule has 0 spiro atoms. The number of carbonyl (C=O) groups excluding carboxylic acids is 1. The van der Waals surface area contributed by atoms with Gasteiger partial charge < -0.3 is 15.8 Å². The van der Waals surface area contributed by atoms with Crippen LogP contribution in [0.2, 0.25) is 0 Å². The minimum Gasteiger partial charge on any atom is -0.508 e. The zero-order valence-corrected chi connectivity index (χ0v) is 9.69. The van der Waals surface area contributed by atoms with Gasteiger partial charge in [0, 0.05) is 24.0 Å². The van der Waals surface area contributed by atoms with Gasteiger partial charge in [0.15, 0.2) is 0 Å². The van der Waals surface area contributed by atoms with Gasteiger partial charge in [-0.3, -0.25) is 15.6 Å². The minimum absolute atomic E-state index is 0.0504. The van der Waals surface area contributed by atoms with Crippen LogP contribution in [0.1, 0.15) is 6.92 Å². The fourth-order valence-corrected chi connectivity index (χ4v) is 1.50. The van der Waals surface area contributed by atoms with Crippen LogP contribution in [0.25, 0.3) is 10.9 Å². The number of hydrogen-bond acceptors (Lipinski definition) is 3. The van der Waals surface area contributed by atoms with E-state index in [4.69, 9.17) is 5.73 Å². The maximum absolute atomic E-state index is 10.7. The average molecular weight is 247 g/mol. The molecule has 1 heterocycles. The van der Waals surface area contributed by atoms with Crippen LogP contribution in [0.3, 0.4) is 0 Å². The first kappa shape index (κ1) is 11.8. The lowest BCUT2D eigenvalue weighted by Gasteiger charge is -2.04. The Morgan fingerprint density at radius 3 is 2.94 bits per heavy atom. The molecule has 1 amide bonds. The number of guanidine groups is 1. The number of amides is 1. The van der Waals surface area contributed by atoms with Crippen molar-refractivity contribution in [3.8, 4) is 5.75 Å². The van der Waals surface area contributed by atoms with E-state index in [2.05, 4.69) is 20.8 Å². The van der Waals surface area contributed by atoms with Crippen molar-refractivity contribution in [2.45, 2.75) is 6.92 Å². The second-order valence-corrected chi connectivity index (χ2v) is 3.71. The molecule has 1 aromatic heterocycles. The molecule has 94 valence electrons. The molecule has 0 bridgehead atoms. The number of nitrogens with one attached hydrogen (secondary N) is 3. The SMILES string of the molecule is CC(=O)NNC(N)=Nc1c[nH]c2ccc(O)cc12. The summed E-state index contributed by atoms with van der Waals surface area (Å²) in [7, 11) is 0. The van der Waals surface area contributed by atoms with Crippen LogP contribution in [-0.4, -0.2) is 22.0 Å². The Hall–Kier alpha value is -2.70. The number of benzene rings is 1. The van der Waals surface area contributed by atoms with Crippen LogP contribution in [-0.2, 0) is 4.79 Å². The zero-order valence-electron chi connectivity index (χ0n) is 9.69. The summed E-state index contributed by atoms with van der Waals surface area (Å²) in [5, 5.41) is 10.2. The number of phenolic OH excluding ortho intramolecular Hbond substituents is 1. The standard InChI is InChI=1S/C11H13N5O2/c1-6(17)15-16-11(12)14-10-5-13-9-3-2-7(18)4-8(9)10/h2-5,13,18H,1H3,(H,15,17)(H3,12,14,16). The largest absolute Gasteiger partial charge is 0.508 e. The van der Waals surface area contributed by atoms with Gasteiger partial charge in [0.25, 0.3) is 0 Å². The van der Waals surface area contributed by atoms with Gasteiger partial charge in [0.1, 0.15) is 5.75 Å². The number of H-pyrrole nitrogens is 1. The zero-order chi connectivity index (χ0) is 13.1. The second kappa shape index (κ2) is 4.66. The summed E-state index contributed by atoms with van der Waals surface area (Å²) in [6, 6.07) is 4.89. The Morgan fingerprint density at radius 2 is 2.22 bits per heavy atom. The third-order valence-electron chi connectivity index (χ3n) is 2.25. The Labute approximate surface area is 103 Å². The first-order chi connectivity index (χ1) is 8.56. The Kier molecular flexibility index (Phi) is 3.05. The van der Waals surface area contributed by atoms with Crippen molar-refractivity contribution < 1.29 is 9.90 Å². The number of carbonyl (C=O) groups is 1. The number of hydrazine groups is 1. The van der Waals surface area contributed by atoms with Gasteiger partial charge in [-0.15, -0.1) is 0 Å². The van der Waals surface area contributed by atoms with E-state index < -0.39 is 0 Å². The maximum Gasteiger partial charge on any atom is 0.235 e. The van der Waals surface area contributed by atoms with E-state index >= 15 is 0 Å². The lowest BCUT2D eigenvalue weighted by molar-refractivity contribution is -0.119. The Balaban J connectivity index is 2.28. The third kappa shape index (κ3) is 2.51. The molecule has 0 aliphatic rings. The lowest BCUT2D eigenvalue weighted by Crippen LogP contribution is -2.44. The summed E-state index contributed by atoms with van der Waals surface area (Å²) in [6.45, 7) is 1.35. The van der Waals surface area contributed by atoms with Crippen LogP contribution < -0.4 is 16.6 Å². The number of aromatic hydroxyl groups is 1. The van der Waals surface area contributed by atoms with E-state index in [0.717, 1.165) is 10.9 Å². The summed E-state index contributed by atoms with van der Waals surface area (Å²) in [4.78, 5) is 17.8. The molecule has 1 aromatic carbocycles. The molecule has 7 nitrogen and oxygen atoms in total. The maximum atomic E-state index is 10.7. The highest BCUT2D eigenvalue weighted by Crippen LogP contribution is 2.28. The van der Waals surface area contributed by atoms with Crippen molar-refractivity contribution in [1.29, 1.82) is 0 Å². The summed E-state index contributed by atoms with van der Waals surface area (Å²) >= 11 is 0. The monoisotopic (exact) mass is 247 g/mol. The number of fused-ring (bicyclic) bond motifs is 1. The van der Waals surface area contributed by atoms with E-state index in [0.29, 0.717) is 5.69 Å². The van der Waals surface area contributed by atoms with Crippen LogP contribution in [0.5, 0.6) is 5.75 Å². The molecule has 0 aliphatic carbocycles. The topological polar surface area (TPSA) is 116 Å². The summed E-state index contributed by atoms with van der Waals surface area (Å²) in [6.07, 6.45) is 1.66. The second-order valence-electron chi connectivity index (χ2n) is 3.71. The molecule has 2 rings (SSSR count). The molecule has 6 N–H and O–H groups in total. The minimum atomic E-state index is -0.273. The van der Waals surface area contributed by atoms with Crippen LogP contribution in [0, 0.1) is 0 Å². The highest BCUT2D eigenvalue weighted by Gasteiger charge is 2.04. The summed E-state index contributed by atoms with van der Waals surface area (Å²) in [5.74, 6) is -0.0777. The van der Waals surface area contributed by atoms with Gasteiger partial charge in [-0.2, -0.15) is 0 Å². The molecule has 0 fully saturated rings. The van der Waals surface area contributed by atoms with E-state index in [-0.39, 0.29) is 17.6 Å². The number of hydrogen-bond donors (Lipinski definition) is 5. The first-order valence-corrected chi connectivity index (χ1v) is 5.23. The van der Waals surface area contributed by atoms with Crippen molar-refractivity contribution in [1.82, 2.24) is 15.8 Å². The van der Waals surface area contributed by atoms with Gasteiger partial charge in [-0.1, -0.05) is 0 Å². The molecule has 0 radical (unpaired) electrons. The average Bonchev–Trinajstić information content (AvgIpc) is 2.69. The molecular weight excluding hydrogens is 234 g/mol. The van der Waals surface area contributed by atoms with Crippen LogP contribution in [0.15, 0.2) is 29.4 Å². The molecule has 7 heteroatoms. The molecule has 0 atom stereocenters. The summed E-state index contributed by atoms with van der Waals surface area (Å²) < 4.78 is 0. The molecular formula is C11H13N5O2. The molecule has 0 saturated heterocycles. The number of rotatable bonds is 1. The van der Waals surface area contributed by atoms with Gasteiger partial charge in [-0.25, -0.2) is 4.99 Å². The smallest absolute Gasteiger partial charge is 0.235 e. The van der Waals surface area contributed by atoms with Crippen molar-refractivity contribution in [2.75, 3.05) is 0 Å². The van der Waals surface area contributed by atoms with Gasteiger partial charge in [0.05, 0.1) is 5.69 Å². The van der Waals surface area contributed by atoms with E-state index in [1.54, 1.807) is 24.4 Å². The van der Waals surface area contributed by atoms with Gasteiger partial charge in [-0.05, 0) is 18.2 Å². The molecule has 0 saturated carbocycles. The third-order valence-corrected chi connectivity index (χ3v) is 2.25. The van der Waals surface area contributed by atoms with Crippen LogP contribution >= 0.6 is 0 Å². The van der Waals surface area contributed by atoms with Gasteiger partial charge in [0.2, 0.25) is 11.9 Å². The molecule has 18 heavy (non-hydrogen) atoms. The number of aromatic nitrogens is 1. The number of nitrogens with zero attached hydrogens (tertiary/aromatic N) is 1. The van der Waals surface area contributed by atoms with Crippen molar-refractivity contribution >= 4 is 28.5 Å². The molecule has 0 unspecified atom stereocenters. The van der Waals surface area contributed by atoms with Crippen LogP contribution in [0.4, 0.5) is 5.69 Å². The normalized spacial score (nSPS) is 11.5. The predicted octanol–water partition coefficient (Wildman–Crippen LogP) is 0.460. The van der Waals surface area contributed by atoms with Gasteiger partial charge >= 0.3 is 0 Å². The number of nitrogens with two attached hydrogens (primary N) is 1. The molecule has 0 aliphatic heterocycles. The predicted molar refractivity (Wildman–Crippen MR) is 68.2 cm³/mol. The fraction of sp³-hybridized carbons (Fsp3) is 0.0909. The summed E-state index contributed by atoms with van der Waals surface area (Å²) in [5.41, 5.74) is 11.8. The number of aromatic amines is 1. The fourth-order valence-electron chi connectivity index (χ4n) is 1.50. The van der Waals surface area contributed by atoms with Crippen molar-refractivity contribution in [3.63, 3.8) is 0 Å². The number of aliphatic imine (C=N–C) groups is 1. The quantitative estimate of drug-likeness (QED) is 0.286. The van der Waals surface area contributed by atoms with Crippen molar-refractivity contribution in [3.05, 3.63) is 24.4 Å². The highest BCUT2D eigenvalue weighted by atomic mass is 16.3. The Morgan fingerprint density at radius 1 is 1.44 bits per heavy atom. The highest BCUT2D eigenvalue weighted by molar-refractivity contribution is 5.95. The first-order valence-electron chi connectivity index (χ1n) is 5.23. The number of phenols is 1. The molecule has 2 aromatic rings. The van der Waals surface area contributed by atoms with E-state index in [1.165, 1.54) is 6.92 Å². The van der Waals surface area contributed by atoms with E-state index in [1.807, 2.05) is 0 Å². The van der Waals surface area contributed by atoms with E-state index in [9.17, 15) is 9.90 Å². The lowest BCUT2D eigenvalue weighted by atomic mass is 10.2. The Bertz CT molecular complexity index is 617.